The van der Waals surface area contributed by atoms with Crippen molar-refractivity contribution in [2.45, 2.75) is 24.0 Å². The zero-order chi connectivity index (χ0) is 23.7. The Bertz CT molecular complexity index is 1230. The van der Waals surface area contributed by atoms with Gasteiger partial charge in [-0.3, -0.25) is 0 Å². The van der Waals surface area contributed by atoms with Crippen molar-refractivity contribution in [1.82, 2.24) is 4.98 Å². The van der Waals surface area contributed by atoms with E-state index in [4.69, 9.17) is 16.7 Å². The van der Waals surface area contributed by atoms with E-state index in [1.54, 1.807) is 30.3 Å². The Morgan fingerprint density at radius 2 is 1.69 bits per heavy atom. The number of alkyl halides is 3. The van der Waals surface area contributed by atoms with E-state index in [9.17, 15) is 26.4 Å². The Labute approximate surface area is 187 Å². The minimum atomic E-state index is -4.71. The molecule has 32 heavy (non-hydrogen) atoms. The zero-order valence-electron chi connectivity index (χ0n) is 16.4. The Morgan fingerprint density at radius 3 is 2.19 bits per heavy atom. The molecule has 11 heteroatoms. The number of hydrogen-bond donors (Lipinski definition) is 1. The van der Waals surface area contributed by atoms with Crippen LogP contribution < -0.4 is 4.31 Å². The topological polar surface area (TPSA) is 87.6 Å². The number of aromatic nitrogens is 1. The SMILES string of the molecule is CC(c1ccccc1)N(c1ncc(C(F)(F)F)cc1Cl)S(=O)(=O)c1ccc(C(=O)O)cc1. The molecule has 6 nitrogen and oxygen atoms in total. The number of aromatic carboxylic acids is 1. The van der Waals surface area contributed by atoms with E-state index in [0.29, 0.717) is 17.8 Å². The van der Waals surface area contributed by atoms with E-state index in [2.05, 4.69) is 4.98 Å². The Morgan fingerprint density at radius 1 is 1.09 bits per heavy atom. The lowest BCUT2D eigenvalue weighted by Crippen LogP contribution is -2.34. The van der Waals surface area contributed by atoms with Crippen molar-refractivity contribution in [1.29, 1.82) is 0 Å². The van der Waals surface area contributed by atoms with Crippen LogP contribution in [0.5, 0.6) is 0 Å². The number of carboxylic acids is 1. The number of nitrogens with zero attached hydrogens (tertiary/aromatic N) is 2. The number of carboxylic acid groups (broad SMARTS) is 1. The predicted molar refractivity (Wildman–Crippen MR) is 112 cm³/mol. The number of anilines is 1. The molecule has 0 aliphatic heterocycles. The molecule has 0 spiro atoms. The first-order valence-electron chi connectivity index (χ1n) is 9.08. The van der Waals surface area contributed by atoms with Crippen LogP contribution in [0.3, 0.4) is 0 Å². The molecule has 0 saturated heterocycles. The number of carbonyl (C=O) groups is 1. The van der Waals surface area contributed by atoms with Crippen LogP contribution >= 0.6 is 11.6 Å². The highest BCUT2D eigenvalue weighted by atomic mass is 35.5. The zero-order valence-corrected chi connectivity index (χ0v) is 18.0. The number of benzene rings is 2. The summed E-state index contributed by atoms with van der Waals surface area (Å²) in [6.45, 7) is 1.54. The molecule has 0 bridgehead atoms. The van der Waals surface area contributed by atoms with Crippen LogP contribution in [-0.2, 0) is 16.2 Å². The lowest BCUT2D eigenvalue weighted by molar-refractivity contribution is -0.137. The van der Waals surface area contributed by atoms with E-state index in [1.807, 2.05) is 0 Å². The minimum absolute atomic E-state index is 0.128. The molecule has 3 aromatic rings. The molecule has 0 amide bonds. The molecule has 0 saturated carbocycles. The second kappa shape index (κ2) is 8.79. The Hall–Kier alpha value is -3.11. The van der Waals surface area contributed by atoms with Gasteiger partial charge in [-0.15, -0.1) is 0 Å². The first-order valence-corrected chi connectivity index (χ1v) is 10.9. The molecule has 1 aromatic heterocycles. The summed E-state index contributed by atoms with van der Waals surface area (Å²) in [6.07, 6.45) is -4.20. The highest BCUT2D eigenvalue weighted by Gasteiger charge is 2.36. The van der Waals surface area contributed by atoms with Gasteiger partial charge in [0.25, 0.3) is 10.0 Å². The molecule has 2 aromatic carbocycles. The Balaban J connectivity index is 2.18. The van der Waals surface area contributed by atoms with Gasteiger partial charge in [-0.2, -0.15) is 13.2 Å². The third-order valence-electron chi connectivity index (χ3n) is 4.65. The smallest absolute Gasteiger partial charge is 0.417 e. The summed E-state index contributed by atoms with van der Waals surface area (Å²) in [4.78, 5) is 14.5. The fourth-order valence-electron chi connectivity index (χ4n) is 3.00. The molecule has 1 atom stereocenters. The van der Waals surface area contributed by atoms with Crippen LogP contribution in [0.1, 0.15) is 34.5 Å². The highest BCUT2D eigenvalue weighted by Crippen LogP contribution is 2.39. The second-order valence-electron chi connectivity index (χ2n) is 6.74. The summed E-state index contributed by atoms with van der Waals surface area (Å²) in [5, 5.41) is 8.55. The van der Waals surface area contributed by atoms with Gasteiger partial charge < -0.3 is 5.11 Å². The van der Waals surface area contributed by atoms with Crippen molar-refractivity contribution >= 4 is 33.4 Å². The second-order valence-corrected chi connectivity index (χ2v) is 8.97. The fourth-order valence-corrected chi connectivity index (χ4v) is 4.93. The molecule has 0 fully saturated rings. The van der Waals surface area contributed by atoms with Gasteiger partial charge >= 0.3 is 12.1 Å². The van der Waals surface area contributed by atoms with Crippen molar-refractivity contribution < 1.29 is 31.5 Å². The maximum absolute atomic E-state index is 13.5. The van der Waals surface area contributed by atoms with Gasteiger partial charge in [0.15, 0.2) is 5.82 Å². The molecule has 0 radical (unpaired) electrons. The number of sulfonamides is 1. The first-order chi connectivity index (χ1) is 14.9. The van der Waals surface area contributed by atoms with Crippen molar-refractivity contribution in [3.8, 4) is 0 Å². The summed E-state index contributed by atoms with van der Waals surface area (Å²) in [7, 11) is -4.40. The van der Waals surface area contributed by atoms with Crippen LogP contribution in [0.25, 0.3) is 0 Å². The van der Waals surface area contributed by atoms with Crippen LogP contribution in [0.2, 0.25) is 5.02 Å². The molecular formula is C21H16ClF3N2O4S. The van der Waals surface area contributed by atoms with E-state index in [1.165, 1.54) is 6.92 Å². The largest absolute Gasteiger partial charge is 0.478 e. The number of halogens is 4. The normalized spacial score (nSPS) is 12.9. The molecule has 168 valence electrons. The molecule has 1 unspecified atom stereocenters. The van der Waals surface area contributed by atoms with E-state index < -0.39 is 44.6 Å². The summed E-state index contributed by atoms with van der Waals surface area (Å²) in [5.41, 5.74) is -0.713. The molecular weight excluding hydrogens is 469 g/mol. The molecule has 0 aliphatic rings. The standard InChI is InChI=1S/C21H16ClF3N2O4S/c1-13(14-5-3-2-4-6-14)27(19-18(22)11-16(12-26-19)21(23,24)25)32(30,31)17-9-7-15(8-10-17)20(28)29/h2-13H,1H3,(H,28,29). The first kappa shape index (κ1) is 23.6. The van der Waals surface area contributed by atoms with Gasteiger partial charge in [-0.25, -0.2) is 22.5 Å². The third kappa shape index (κ3) is 4.71. The quantitative estimate of drug-likeness (QED) is 0.505. The van der Waals surface area contributed by atoms with Crippen molar-refractivity contribution in [2.75, 3.05) is 4.31 Å². The van der Waals surface area contributed by atoms with Gasteiger partial charge in [0, 0.05) is 6.20 Å². The Kier molecular flexibility index (Phi) is 6.47. The van der Waals surface area contributed by atoms with Crippen molar-refractivity contribution in [3.05, 3.63) is 88.6 Å². The monoisotopic (exact) mass is 484 g/mol. The van der Waals surface area contributed by atoms with Gasteiger partial charge in [-0.05, 0) is 42.8 Å². The summed E-state index contributed by atoms with van der Waals surface area (Å²) in [6, 6.07) is 12.5. The molecule has 0 aliphatic carbocycles. The predicted octanol–water partition coefficient (Wildman–Crippen LogP) is 5.41. The molecule has 3 rings (SSSR count). The van der Waals surface area contributed by atoms with Crippen molar-refractivity contribution in [2.24, 2.45) is 0 Å². The maximum Gasteiger partial charge on any atom is 0.417 e. The summed E-state index contributed by atoms with van der Waals surface area (Å²) >= 11 is 6.08. The van der Waals surface area contributed by atoms with Gasteiger partial charge in [-0.1, -0.05) is 41.9 Å². The van der Waals surface area contributed by atoms with Crippen LogP contribution in [0.15, 0.2) is 71.8 Å². The van der Waals surface area contributed by atoms with E-state index >= 15 is 0 Å². The van der Waals surface area contributed by atoms with E-state index in [-0.39, 0.29) is 10.5 Å². The minimum Gasteiger partial charge on any atom is -0.478 e. The lowest BCUT2D eigenvalue weighted by atomic mass is 10.1. The molecule has 1 heterocycles. The summed E-state index contributed by atoms with van der Waals surface area (Å²) < 4.78 is 67.0. The van der Waals surface area contributed by atoms with Crippen LogP contribution in [0.4, 0.5) is 19.0 Å². The highest BCUT2D eigenvalue weighted by molar-refractivity contribution is 7.92. The van der Waals surface area contributed by atoms with Gasteiger partial charge in [0.05, 0.1) is 27.1 Å². The fraction of sp³-hybridized carbons (Fsp3) is 0.143. The van der Waals surface area contributed by atoms with Gasteiger partial charge in [0.1, 0.15) is 0 Å². The van der Waals surface area contributed by atoms with Gasteiger partial charge in [0.2, 0.25) is 0 Å². The summed E-state index contributed by atoms with van der Waals surface area (Å²) in [5.74, 6) is -1.63. The van der Waals surface area contributed by atoms with Crippen LogP contribution in [0, 0.1) is 0 Å². The number of rotatable bonds is 6. The average Bonchev–Trinajstić information content (AvgIpc) is 2.74. The lowest BCUT2D eigenvalue weighted by Gasteiger charge is -2.30. The van der Waals surface area contributed by atoms with E-state index in [0.717, 1.165) is 28.6 Å². The molecule has 1 N–H and O–H groups in total. The average molecular weight is 485 g/mol. The third-order valence-corrected chi connectivity index (χ3v) is 6.80. The van der Waals surface area contributed by atoms with Crippen LogP contribution in [-0.4, -0.2) is 24.5 Å². The van der Waals surface area contributed by atoms with Crippen molar-refractivity contribution in [3.63, 3.8) is 0 Å². The number of hydrogen-bond acceptors (Lipinski definition) is 4. The number of pyridine rings is 1. The maximum atomic E-state index is 13.5.